The molecule has 1 aromatic carbocycles. The highest BCUT2D eigenvalue weighted by molar-refractivity contribution is 7.89. The average molecular weight is 377 g/mol. The van der Waals surface area contributed by atoms with Crippen LogP contribution in [-0.2, 0) is 14.8 Å². The zero-order chi connectivity index (χ0) is 17.4. The second-order valence-corrected chi connectivity index (χ2v) is 9.18. The standard InChI is InChI=1S/C17H19N3O3S2/c21-16(19-17-18-14(11-24-17)12-8-9-12)15-7-4-10-20(15)25(22,23)13-5-2-1-3-6-13/h1-3,5-6,11-12,15H,4,7-10H2,(H,18,19,21). The van der Waals surface area contributed by atoms with Crippen LogP contribution in [0.5, 0.6) is 0 Å². The van der Waals surface area contributed by atoms with E-state index in [4.69, 9.17) is 0 Å². The Morgan fingerprint density at radius 1 is 1.20 bits per heavy atom. The number of sulfonamides is 1. The zero-order valence-electron chi connectivity index (χ0n) is 13.6. The van der Waals surface area contributed by atoms with Crippen molar-refractivity contribution in [3.63, 3.8) is 0 Å². The van der Waals surface area contributed by atoms with E-state index >= 15 is 0 Å². The van der Waals surface area contributed by atoms with Gasteiger partial charge in [0.05, 0.1) is 10.6 Å². The third kappa shape index (κ3) is 3.33. The summed E-state index contributed by atoms with van der Waals surface area (Å²) < 4.78 is 27.0. The molecule has 1 N–H and O–H groups in total. The number of carbonyl (C=O) groups is 1. The summed E-state index contributed by atoms with van der Waals surface area (Å²) in [4.78, 5) is 17.3. The highest BCUT2D eigenvalue weighted by Crippen LogP contribution is 2.41. The minimum atomic E-state index is -3.67. The van der Waals surface area contributed by atoms with E-state index < -0.39 is 16.1 Å². The Balaban J connectivity index is 1.51. The number of nitrogens with one attached hydrogen (secondary N) is 1. The van der Waals surface area contributed by atoms with E-state index in [0.29, 0.717) is 30.4 Å². The molecule has 4 rings (SSSR count). The van der Waals surface area contributed by atoms with Crippen LogP contribution in [0.1, 0.15) is 37.3 Å². The number of rotatable bonds is 5. The van der Waals surface area contributed by atoms with Crippen molar-refractivity contribution in [1.82, 2.24) is 9.29 Å². The molecule has 2 aromatic rings. The molecule has 6 nitrogen and oxygen atoms in total. The molecule has 1 aliphatic carbocycles. The molecular weight excluding hydrogens is 358 g/mol. The van der Waals surface area contributed by atoms with Crippen LogP contribution in [0, 0.1) is 0 Å². The molecular formula is C17H19N3O3S2. The Morgan fingerprint density at radius 3 is 2.68 bits per heavy atom. The number of benzene rings is 1. The van der Waals surface area contributed by atoms with E-state index in [9.17, 15) is 13.2 Å². The van der Waals surface area contributed by atoms with Crippen LogP contribution in [0.25, 0.3) is 0 Å². The van der Waals surface area contributed by atoms with Gasteiger partial charge >= 0.3 is 0 Å². The van der Waals surface area contributed by atoms with E-state index in [1.165, 1.54) is 15.6 Å². The van der Waals surface area contributed by atoms with Crippen molar-refractivity contribution < 1.29 is 13.2 Å². The number of aromatic nitrogens is 1. The van der Waals surface area contributed by atoms with Crippen LogP contribution >= 0.6 is 11.3 Å². The predicted molar refractivity (Wildman–Crippen MR) is 96.1 cm³/mol. The predicted octanol–water partition coefficient (Wildman–Crippen LogP) is 2.81. The minimum Gasteiger partial charge on any atom is -0.301 e. The summed E-state index contributed by atoms with van der Waals surface area (Å²) in [5.74, 6) is 0.233. The Bertz CT molecular complexity index is 876. The van der Waals surface area contributed by atoms with Gasteiger partial charge in [-0.25, -0.2) is 13.4 Å². The van der Waals surface area contributed by atoms with Gasteiger partial charge < -0.3 is 5.32 Å². The number of amides is 1. The fourth-order valence-corrected chi connectivity index (χ4v) is 5.59. The first-order chi connectivity index (χ1) is 12.1. The summed E-state index contributed by atoms with van der Waals surface area (Å²) in [5.41, 5.74) is 1.03. The molecule has 2 heterocycles. The Hall–Kier alpha value is -1.77. The first-order valence-electron chi connectivity index (χ1n) is 8.39. The second kappa shape index (κ2) is 6.51. The molecule has 1 amide bonds. The molecule has 0 radical (unpaired) electrons. The number of hydrogen-bond donors (Lipinski definition) is 1. The van der Waals surface area contributed by atoms with E-state index in [1.54, 1.807) is 30.3 Å². The van der Waals surface area contributed by atoms with Gasteiger partial charge in [0.2, 0.25) is 15.9 Å². The van der Waals surface area contributed by atoms with Crippen molar-refractivity contribution in [2.45, 2.75) is 42.5 Å². The smallest absolute Gasteiger partial charge is 0.244 e. The van der Waals surface area contributed by atoms with Crippen molar-refractivity contribution in [3.05, 3.63) is 41.4 Å². The molecule has 1 saturated carbocycles. The molecule has 1 aliphatic heterocycles. The molecule has 8 heteroatoms. The van der Waals surface area contributed by atoms with Crippen molar-refractivity contribution in [2.75, 3.05) is 11.9 Å². The molecule has 2 fully saturated rings. The number of carbonyl (C=O) groups excluding carboxylic acids is 1. The second-order valence-electron chi connectivity index (χ2n) is 6.43. The van der Waals surface area contributed by atoms with E-state index in [0.717, 1.165) is 18.5 Å². The van der Waals surface area contributed by atoms with Crippen LogP contribution in [0.15, 0.2) is 40.6 Å². The van der Waals surface area contributed by atoms with Gasteiger partial charge in [0.25, 0.3) is 0 Å². The van der Waals surface area contributed by atoms with Crippen molar-refractivity contribution in [1.29, 1.82) is 0 Å². The zero-order valence-corrected chi connectivity index (χ0v) is 15.2. The van der Waals surface area contributed by atoms with Crippen molar-refractivity contribution in [2.24, 2.45) is 0 Å². The summed E-state index contributed by atoms with van der Waals surface area (Å²) in [6.45, 7) is 0.362. The summed E-state index contributed by atoms with van der Waals surface area (Å²) >= 11 is 1.40. The Morgan fingerprint density at radius 2 is 1.96 bits per heavy atom. The summed E-state index contributed by atoms with van der Waals surface area (Å²) in [6.07, 6.45) is 3.51. The number of hydrogen-bond acceptors (Lipinski definition) is 5. The molecule has 0 bridgehead atoms. The average Bonchev–Trinajstić information content (AvgIpc) is 3.15. The van der Waals surface area contributed by atoms with Gasteiger partial charge in [-0.3, -0.25) is 4.79 Å². The minimum absolute atomic E-state index is 0.222. The van der Waals surface area contributed by atoms with Crippen LogP contribution in [-0.4, -0.2) is 36.2 Å². The molecule has 1 saturated heterocycles. The highest BCUT2D eigenvalue weighted by atomic mass is 32.2. The van der Waals surface area contributed by atoms with Gasteiger partial charge in [-0.15, -0.1) is 11.3 Å². The van der Waals surface area contributed by atoms with Crippen LogP contribution < -0.4 is 5.32 Å². The van der Waals surface area contributed by atoms with Gasteiger partial charge in [-0.2, -0.15) is 4.31 Å². The van der Waals surface area contributed by atoms with Crippen molar-refractivity contribution in [3.8, 4) is 0 Å². The lowest BCUT2D eigenvalue weighted by molar-refractivity contribution is -0.119. The summed E-state index contributed by atoms with van der Waals surface area (Å²) in [5, 5.41) is 5.33. The van der Waals surface area contributed by atoms with Crippen LogP contribution in [0.4, 0.5) is 5.13 Å². The van der Waals surface area contributed by atoms with Crippen molar-refractivity contribution >= 4 is 32.4 Å². The maximum Gasteiger partial charge on any atom is 0.244 e. The molecule has 0 spiro atoms. The maximum atomic E-state index is 12.8. The lowest BCUT2D eigenvalue weighted by Crippen LogP contribution is -2.43. The lowest BCUT2D eigenvalue weighted by Gasteiger charge is -2.23. The summed E-state index contributed by atoms with van der Waals surface area (Å²) in [6, 6.07) is 7.59. The number of thiazole rings is 1. The normalized spacial score (nSPS) is 21.4. The fraction of sp³-hybridized carbons (Fsp3) is 0.412. The third-order valence-corrected chi connectivity index (χ3v) is 7.30. The number of nitrogens with zero attached hydrogens (tertiary/aromatic N) is 2. The van der Waals surface area contributed by atoms with Gasteiger partial charge in [0.1, 0.15) is 6.04 Å². The van der Waals surface area contributed by atoms with E-state index in [-0.39, 0.29) is 10.8 Å². The van der Waals surface area contributed by atoms with E-state index in [1.807, 2.05) is 5.38 Å². The highest BCUT2D eigenvalue weighted by Gasteiger charge is 2.39. The van der Waals surface area contributed by atoms with Gasteiger partial charge in [0, 0.05) is 17.8 Å². The molecule has 2 aliphatic rings. The largest absolute Gasteiger partial charge is 0.301 e. The summed E-state index contributed by atoms with van der Waals surface area (Å²) in [7, 11) is -3.67. The van der Waals surface area contributed by atoms with Gasteiger partial charge in [0.15, 0.2) is 5.13 Å². The first kappa shape index (κ1) is 16.7. The third-order valence-electron chi connectivity index (χ3n) is 4.60. The lowest BCUT2D eigenvalue weighted by atomic mass is 10.2. The van der Waals surface area contributed by atoms with Crippen LogP contribution in [0.2, 0.25) is 0 Å². The molecule has 25 heavy (non-hydrogen) atoms. The fourth-order valence-electron chi connectivity index (χ4n) is 3.12. The van der Waals surface area contributed by atoms with Gasteiger partial charge in [-0.1, -0.05) is 18.2 Å². The van der Waals surface area contributed by atoms with Crippen LogP contribution in [0.3, 0.4) is 0 Å². The molecule has 132 valence electrons. The maximum absolute atomic E-state index is 12.8. The number of anilines is 1. The molecule has 1 unspecified atom stereocenters. The van der Waals surface area contributed by atoms with E-state index in [2.05, 4.69) is 10.3 Å². The monoisotopic (exact) mass is 377 g/mol. The van der Waals surface area contributed by atoms with Gasteiger partial charge in [-0.05, 0) is 37.8 Å². The Kier molecular flexibility index (Phi) is 4.35. The Labute approximate surface area is 150 Å². The first-order valence-corrected chi connectivity index (χ1v) is 10.7. The topological polar surface area (TPSA) is 79.4 Å². The quantitative estimate of drug-likeness (QED) is 0.869. The molecule has 1 atom stereocenters. The SMILES string of the molecule is O=C(Nc1nc(C2CC2)cs1)C1CCCN1S(=O)(=O)c1ccccc1. The molecule has 1 aromatic heterocycles.